The maximum Gasteiger partial charge on any atom is 0.322 e. The van der Waals surface area contributed by atoms with Crippen molar-refractivity contribution in [1.29, 1.82) is 0 Å². The van der Waals surface area contributed by atoms with Gasteiger partial charge in [0.2, 0.25) is 0 Å². The number of carbonyl (C=O) groups is 1. The second kappa shape index (κ2) is 11.0. The van der Waals surface area contributed by atoms with Gasteiger partial charge in [0.1, 0.15) is 17.3 Å². The zero-order valence-electron chi connectivity index (χ0n) is 20.8. The number of urea groups is 1. The number of carbonyl (C=O) groups excluding carboxylic acids is 1. The first-order valence-corrected chi connectivity index (χ1v) is 11.6. The monoisotopic (exact) mass is 466 g/mol. The molecule has 1 heterocycles. The summed E-state index contributed by atoms with van der Waals surface area (Å²) in [7, 11) is 3.12. The van der Waals surface area contributed by atoms with Crippen LogP contribution in [-0.2, 0) is 6.54 Å². The number of benzene rings is 2. The highest BCUT2D eigenvalue weighted by Gasteiger charge is 2.27. The number of nitrogens with zero attached hydrogens (tertiary/aromatic N) is 3. The van der Waals surface area contributed by atoms with Crippen molar-refractivity contribution in [3.8, 4) is 11.5 Å². The highest BCUT2D eigenvalue weighted by atomic mass is 16.5. The molecular formula is C26H34N4O4. The Kier molecular flexibility index (Phi) is 8.15. The molecule has 3 rings (SSSR count). The van der Waals surface area contributed by atoms with Crippen LogP contribution in [0.1, 0.15) is 46.0 Å². The van der Waals surface area contributed by atoms with E-state index in [1.807, 2.05) is 32.0 Å². The summed E-state index contributed by atoms with van der Waals surface area (Å²) in [5.74, 6) is 2.09. The van der Waals surface area contributed by atoms with Gasteiger partial charge in [0.05, 0.1) is 36.9 Å². The van der Waals surface area contributed by atoms with Gasteiger partial charge in [0.25, 0.3) is 5.56 Å². The molecule has 0 bridgehead atoms. The van der Waals surface area contributed by atoms with E-state index in [9.17, 15) is 9.59 Å². The van der Waals surface area contributed by atoms with E-state index in [1.54, 1.807) is 48.0 Å². The number of methoxy groups -OCH3 is 2. The summed E-state index contributed by atoms with van der Waals surface area (Å²) in [6.45, 7) is 9.02. The van der Waals surface area contributed by atoms with E-state index >= 15 is 0 Å². The number of anilines is 1. The van der Waals surface area contributed by atoms with E-state index in [0.29, 0.717) is 52.9 Å². The van der Waals surface area contributed by atoms with Crippen molar-refractivity contribution >= 4 is 22.6 Å². The van der Waals surface area contributed by atoms with Crippen LogP contribution in [-0.4, -0.2) is 41.2 Å². The first-order valence-electron chi connectivity index (χ1n) is 11.6. The van der Waals surface area contributed by atoms with Crippen molar-refractivity contribution in [3.05, 3.63) is 58.6 Å². The van der Waals surface area contributed by atoms with Gasteiger partial charge in [-0.05, 0) is 50.5 Å². The molecule has 0 aliphatic heterocycles. The molecule has 1 aromatic heterocycles. The fraction of sp³-hybridized carbons (Fsp3) is 0.423. The average molecular weight is 467 g/mol. The molecule has 8 nitrogen and oxygen atoms in total. The first-order chi connectivity index (χ1) is 16.3. The van der Waals surface area contributed by atoms with E-state index in [4.69, 9.17) is 14.5 Å². The molecule has 0 spiro atoms. The Balaban J connectivity index is 2.01. The van der Waals surface area contributed by atoms with Crippen LogP contribution in [0.15, 0.2) is 47.3 Å². The van der Waals surface area contributed by atoms with Crippen LogP contribution in [0.3, 0.4) is 0 Å². The van der Waals surface area contributed by atoms with Crippen molar-refractivity contribution in [3.63, 3.8) is 0 Å². The Labute approximate surface area is 200 Å². The lowest BCUT2D eigenvalue weighted by Gasteiger charge is -2.31. The molecule has 0 fully saturated rings. The minimum absolute atomic E-state index is 0.101. The number of nitrogens with one attached hydrogen (secondary N) is 1. The third-order valence-corrected chi connectivity index (χ3v) is 5.91. The number of para-hydroxylation sites is 1. The summed E-state index contributed by atoms with van der Waals surface area (Å²) >= 11 is 0. The number of fused-ring (bicyclic) bond motifs is 1. The van der Waals surface area contributed by atoms with Crippen molar-refractivity contribution < 1.29 is 14.3 Å². The van der Waals surface area contributed by atoms with Gasteiger partial charge < -0.3 is 19.7 Å². The third kappa shape index (κ3) is 5.32. The predicted molar refractivity (Wildman–Crippen MR) is 135 cm³/mol. The van der Waals surface area contributed by atoms with Crippen LogP contribution < -0.4 is 20.3 Å². The van der Waals surface area contributed by atoms with Crippen molar-refractivity contribution in [1.82, 2.24) is 14.5 Å². The topological polar surface area (TPSA) is 85.7 Å². The lowest BCUT2D eigenvalue weighted by atomic mass is 10.1. The maximum absolute atomic E-state index is 13.5. The number of rotatable bonds is 9. The van der Waals surface area contributed by atoms with Gasteiger partial charge in [-0.2, -0.15) is 0 Å². The fourth-order valence-corrected chi connectivity index (χ4v) is 3.91. The zero-order valence-corrected chi connectivity index (χ0v) is 20.8. The van der Waals surface area contributed by atoms with Crippen molar-refractivity contribution in [2.24, 2.45) is 5.92 Å². The standard InChI is InChI=1S/C26H34N4O4/c1-7-29-24(27-21-11-9-8-10-20(21)25(29)31)18(4)30(15-14-17(2)3)26(32)28-22-13-12-19(33-5)16-23(22)34-6/h8-13,16-18H,7,14-15H2,1-6H3,(H,28,32). The Morgan fingerprint density at radius 3 is 2.50 bits per heavy atom. The van der Waals surface area contributed by atoms with Gasteiger partial charge in [0.15, 0.2) is 0 Å². The van der Waals surface area contributed by atoms with Gasteiger partial charge >= 0.3 is 6.03 Å². The van der Waals surface area contributed by atoms with Crippen LogP contribution in [0.25, 0.3) is 10.9 Å². The number of amides is 2. The minimum Gasteiger partial charge on any atom is -0.497 e. The van der Waals surface area contributed by atoms with Gasteiger partial charge in [-0.25, -0.2) is 9.78 Å². The molecule has 8 heteroatoms. The van der Waals surface area contributed by atoms with E-state index < -0.39 is 6.04 Å². The molecule has 2 amide bonds. The molecule has 0 aliphatic carbocycles. The number of ether oxygens (including phenoxy) is 2. The normalized spacial score (nSPS) is 12.0. The summed E-state index contributed by atoms with van der Waals surface area (Å²) < 4.78 is 12.3. The summed E-state index contributed by atoms with van der Waals surface area (Å²) in [6.07, 6.45) is 0.807. The van der Waals surface area contributed by atoms with E-state index in [-0.39, 0.29) is 11.6 Å². The minimum atomic E-state index is -0.430. The average Bonchev–Trinajstić information content (AvgIpc) is 2.84. The maximum atomic E-state index is 13.5. The first kappa shape index (κ1) is 25.1. The van der Waals surface area contributed by atoms with Gasteiger partial charge in [-0.1, -0.05) is 26.0 Å². The van der Waals surface area contributed by atoms with E-state index in [2.05, 4.69) is 19.2 Å². The number of hydrogen-bond acceptors (Lipinski definition) is 5. The molecule has 34 heavy (non-hydrogen) atoms. The lowest BCUT2D eigenvalue weighted by Crippen LogP contribution is -2.41. The second-order valence-corrected chi connectivity index (χ2v) is 8.58. The van der Waals surface area contributed by atoms with Crippen molar-refractivity contribution in [2.45, 2.75) is 46.7 Å². The molecule has 1 unspecified atom stereocenters. The largest absolute Gasteiger partial charge is 0.497 e. The molecule has 0 saturated heterocycles. The van der Waals surface area contributed by atoms with Crippen LogP contribution in [0.5, 0.6) is 11.5 Å². The van der Waals surface area contributed by atoms with Gasteiger partial charge in [-0.15, -0.1) is 0 Å². The summed E-state index contributed by atoms with van der Waals surface area (Å²) in [6, 6.07) is 11.8. The Morgan fingerprint density at radius 1 is 1.12 bits per heavy atom. The summed E-state index contributed by atoms with van der Waals surface area (Å²) in [5, 5.41) is 3.54. The van der Waals surface area contributed by atoms with Gasteiger partial charge in [-0.3, -0.25) is 9.36 Å². The molecule has 1 N–H and O–H groups in total. The molecule has 0 saturated carbocycles. The quantitative estimate of drug-likeness (QED) is 0.476. The van der Waals surface area contributed by atoms with Crippen LogP contribution in [0.2, 0.25) is 0 Å². The van der Waals surface area contributed by atoms with E-state index in [0.717, 1.165) is 6.42 Å². The van der Waals surface area contributed by atoms with Crippen LogP contribution >= 0.6 is 0 Å². The summed E-state index contributed by atoms with van der Waals surface area (Å²) in [4.78, 5) is 33.2. The zero-order chi connectivity index (χ0) is 24.8. The molecule has 2 aromatic carbocycles. The van der Waals surface area contributed by atoms with Crippen molar-refractivity contribution in [2.75, 3.05) is 26.1 Å². The molecule has 182 valence electrons. The highest BCUT2D eigenvalue weighted by molar-refractivity contribution is 5.91. The van der Waals surface area contributed by atoms with Gasteiger partial charge in [0, 0.05) is 19.2 Å². The smallest absolute Gasteiger partial charge is 0.322 e. The Morgan fingerprint density at radius 2 is 1.85 bits per heavy atom. The predicted octanol–water partition coefficient (Wildman–Crippen LogP) is 5.07. The third-order valence-electron chi connectivity index (χ3n) is 5.91. The highest BCUT2D eigenvalue weighted by Crippen LogP contribution is 2.30. The molecule has 0 radical (unpaired) electrons. The second-order valence-electron chi connectivity index (χ2n) is 8.58. The molecule has 1 atom stereocenters. The fourth-order valence-electron chi connectivity index (χ4n) is 3.91. The number of aromatic nitrogens is 2. The number of hydrogen-bond donors (Lipinski definition) is 1. The van der Waals surface area contributed by atoms with E-state index in [1.165, 1.54) is 0 Å². The summed E-state index contributed by atoms with van der Waals surface area (Å²) in [5.41, 5.74) is 1.06. The molecular weight excluding hydrogens is 432 g/mol. The van der Waals surface area contributed by atoms with Crippen LogP contribution in [0, 0.1) is 5.92 Å². The lowest BCUT2D eigenvalue weighted by molar-refractivity contribution is 0.184. The Hall–Kier alpha value is -3.55. The SMILES string of the molecule is CCn1c(C(C)N(CCC(C)C)C(=O)Nc2ccc(OC)cc2OC)nc2ccccc2c1=O. The van der Waals surface area contributed by atoms with Crippen LogP contribution in [0.4, 0.5) is 10.5 Å². The molecule has 0 aliphatic rings. The Bertz CT molecular complexity index is 1210. The molecule has 3 aromatic rings.